The number of ether oxygens (including phenoxy) is 1. The summed E-state index contributed by atoms with van der Waals surface area (Å²) in [6.07, 6.45) is 9.80. The SMILES string of the molecule is C1CCCN(CCCOC2CCNCC2)CC1. The Morgan fingerprint density at radius 1 is 1.00 bits per heavy atom. The molecule has 2 saturated heterocycles. The predicted octanol–water partition coefficient (Wildman–Crippen LogP) is 2.02. The van der Waals surface area contributed by atoms with Crippen molar-refractivity contribution < 1.29 is 4.74 Å². The van der Waals surface area contributed by atoms with Crippen LogP contribution in [0.2, 0.25) is 0 Å². The minimum absolute atomic E-state index is 0.528. The number of piperidine rings is 1. The molecule has 3 nitrogen and oxygen atoms in total. The molecule has 2 fully saturated rings. The molecule has 0 atom stereocenters. The molecule has 0 radical (unpaired) electrons. The van der Waals surface area contributed by atoms with Crippen molar-refractivity contribution >= 4 is 0 Å². The summed E-state index contributed by atoms with van der Waals surface area (Å²) in [6.45, 7) is 7.10. The van der Waals surface area contributed by atoms with E-state index in [1.807, 2.05) is 0 Å². The zero-order valence-electron chi connectivity index (χ0n) is 11.1. The van der Waals surface area contributed by atoms with E-state index in [0.29, 0.717) is 6.10 Å². The zero-order valence-corrected chi connectivity index (χ0v) is 11.1. The maximum absolute atomic E-state index is 5.94. The fraction of sp³-hybridized carbons (Fsp3) is 1.00. The largest absolute Gasteiger partial charge is 0.378 e. The van der Waals surface area contributed by atoms with Crippen LogP contribution in [0.3, 0.4) is 0 Å². The first-order valence-electron chi connectivity index (χ1n) is 7.50. The molecule has 100 valence electrons. The predicted molar refractivity (Wildman–Crippen MR) is 71.4 cm³/mol. The van der Waals surface area contributed by atoms with Gasteiger partial charge in [0.15, 0.2) is 0 Å². The molecule has 0 aromatic carbocycles. The fourth-order valence-corrected chi connectivity index (χ4v) is 2.86. The average Bonchev–Trinajstić information content (AvgIpc) is 2.65. The van der Waals surface area contributed by atoms with Gasteiger partial charge in [-0.1, -0.05) is 12.8 Å². The number of nitrogens with zero attached hydrogens (tertiary/aromatic N) is 1. The number of rotatable bonds is 5. The summed E-state index contributed by atoms with van der Waals surface area (Å²) in [7, 11) is 0. The molecule has 0 amide bonds. The highest BCUT2D eigenvalue weighted by Crippen LogP contribution is 2.11. The Labute approximate surface area is 106 Å². The lowest BCUT2D eigenvalue weighted by Crippen LogP contribution is -2.33. The molecule has 0 unspecified atom stereocenters. The van der Waals surface area contributed by atoms with Gasteiger partial charge in [0.1, 0.15) is 0 Å². The second-order valence-corrected chi connectivity index (χ2v) is 5.43. The molecule has 2 aliphatic heterocycles. The summed E-state index contributed by atoms with van der Waals surface area (Å²) in [6, 6.07) is 0. The lowest BCUT2D eigenvalue weighted by Gasteiger charge is -2.24. The lowest BCUT2D eigenvalue weighted by molar-refractivity contribution is 0.0279. The van der Waals surface area contributed by atoms with E-state index >= 15 is 0 Å². The monoisotopic (exact) mass is 240 g/mol. The second kappa shape index (κ2) is 8.06. The molecular weight excluding hydrogens is 212 g/mol. The third kappa shape index (κ3) is 5.36. The van der Waals surface area contributed by atoms with Crippen LogP contribution in [0, 0.1) is 0 Å². The summed E-state index contributed by atoms with van der Waals surface area (Å²) in [5.41, 5.74) is 0. The van der Waals surface area contributed by atoms with Gasteiger partial charge in [-0.05, 0) is 58.3 Å². The molecule has 0 bridgehead atoms. The van der Waals surface area contributed by atoms with E-state index in [-0.39, 0.29) is 0 Å². The van der Waals surface area contributed by atoms with Crippen LogP contribution in [0.5, 0.6) is 0 Å². The Kier molecular flexibility index (Phi) is 6.32. The van der Waals surface area contributed by atoms with Gasteiger partial charge in [0.25, 0.3) is 0 Å². The minimum Gasteiger partial charge on any atom is -0.378 e. The van der Waals surface area contributed by atoms with E-state index in [0.717, 1.165) is 19.7 Å². The smallest absolute Gasteiger partial charge is 0.0599 e. The van der Waals surface area contributed by atoms with Crippen molar-refractivity contribution in [2.75, 3.05) is 39.3 Å². The molecule has 1 N–H and O–H groups in total. The molecular formula is C14H28N2O. The molecule has 2 heterocycles. The quantitative estimate of drug-likeness (QED) is 0.744. The van der Waals surface area contributed by atoms with Gasteiger partial charge in [-0.3, -0.25) is 0 Å². The highest BCUT2D eigenvalue weighted by Gasteiger charge is 2.13. The number of likely N-dealkylation sites (tertiary alicyclic amines) is 1. The Morgan fingerprint density at radius 3 is 2.41 bits per heavy atom. The summed E-state index contributed by atoms with van der Waals surface area (Å²) < 4.78 is 5.94. The van der Waals surface area contributed by atoms with Crippen LogP contribution >= 0.6 is 0 Å². The van der Waals surface area contributed by atoms with E-state index in [4.69, 9.17) is 4.74 Å². The van der Waals surface area contributed by atoms with E-state index < -0.39 is 0 Å². The Hall–Kier alpha value is -0.120. The molecule has 2 aliphatic rings. The van der Waals surface area contributed by atoms with E-state index in [1.54, 1.807) is 0 Å². The molecule has 0 aliphatic carbocycles. The summed E-state index contributed by atoms with van der Waals surface area (Å²) >= 11 is 0. The van der Waals surface area contributed by atoms with Crippen molar-refractivity contribution in [2.45, 2.75) is 51.0 Å². The minimum atomic E-state index is 0.528. The summed E-state index contributed by atoms with van der Waals surface area (Å²) in [4.78, 5) is 2.62. The van der Waals surface area contributed by atoms with Crippen molar-refractivity contribution in [1.29, 1.82) is 0 Å². The van der Waals surface area contributed by atoms with Gasteiger partial charge in [0, 0.05) is 13.2 Å². The maximum Gasteiger partial charge on any atom is 0.0599 e. The molecule has 2 rings (SSSR count). The van der Waals surface area contributed by atoms with Crippen LogP contribution in [0.25, 0.3) is 0 Å². The molecule has 0 aromatic heterocycles. The van der Waals surface area contributed by atoms with Gasteiger partial charge >= 0.3 is 0 Å². The molecule has 0 spiro atoms. The van der Waals surface area contributed by atoms with Gasteiger partial charge in [0.2, 0.25) is 0 Å². The molecule has 17 heavy (non-hydrogen) atoms. The Morgan fingerprint density at radius 2 is 1.71 bits per heavy atom. The van der Waals surface area contributed by atoms with Gasteiger partial charge in [-0.15, -0.1) is 0 Å². The highest BCUT2D eigenvalue weighted by atomic mass is 16.5. The van der Waals surface area contributed by atoms with Crippen LogP contribution in [0.1, 0.15) is 44.9 Å². The normalized spacial score (nSPS) is 24.7. The number of hydrogen-bond acceptors (Lipinski definition) is 3. The van der Waals surface area contributed by atoms with Crippen molar-refractivity contribution in [2.24, 2.45) is 0 Å². The van der Waals surface area contributed by atoms with Crippen LogP contribution in [0.4, 0.5) is 0 Å². The first-order chi connectivity index (χ1) is 8.45. The number of hydrogen-bond donors (Lipinski definition) is 1. The van der Waals surface area contributed by atoms with Crippen LogP contribution < -0.4 is 5.32 Å². The molecule has 0 saturated carbocycles. The molecule has 0 aromatic rings. The van der Waals surface area contributed by atoms with Crippen molar-refractivity contribution in [3.05, 3.63) is 0 Å². The van der Waals surface area contributed by atoms with Crippen LogP contribution in [-0.4, -0.2) is 50.3 Å². The van der Waals surface area contributed by atoms with E-state index in [9.17, 15) is 0 Å². The van der Waals surface area contributed by atoms with Gasteiger partial charge in [0.05, 0.1) is 6.10 Å². The third-order valence-electron chi connectivity index (χ3n) is 3.96. The first-order valence-corrected chi connectivity index (χ1v) is 7.50. The van der Waals surface area contributed by atoms with Crippen LogP contribution in [-0.2, 0) is 4.74 Å². The average molecular weight is 240 g/mol. The van der Waals surface area contributed by atoms with E-state index in [1.165, 1.54) is 64.6 Å². The lowest BCUT2D eigenvalue weighted by atomic mass is 10.1. The fourth-order valence-electron chi connectivity index (χ4n) is 2.86. The Bertz CT molecular complexity index is 185. The molecule has 3 heteroatoms. The van der Waals surface area contributed by atoms with Crippen LogP contribution in [0.15, 0.2) is 0 Å². The highest BCUT2D eigenvalue weighted by molar-refractivity contribution is 4.68. The van der Waals surface area contributed by atoms with Crippen molar-refractivity contribution in [3.63, 3.8) is 0 Å². The van der Waals surface area contributed by atoms with Crippen molar-refractivity contribution in [1.82, 2.24) is 10.2 Å². The summed E-state index contributed by atoms with van der Waals surface area (Å²) in [5.74, 6) is 0. The standard InChI is InChI=1S/C14H28N2O/c1-2-4-11-16(10-3-1)12-5-13-17-14-6-8-15-9-7-14/h14-15H,1-13H2. The third-order valence-corrected chi connectivity index (χ3v) is 3.96. The first kappa shape index (κ1) is 13.3. The maximum atomic E-state index is 5.94. The Balaban J connectivity index is 1.49. The number of nitrogens with one attached hydrogen (secondary N) is 1. The summed E-state index contributed by atoms with van der Waals surface area (Å²) in [5, 5.41) is 3.38. The van der Waals surface area contributed by atoms with Gasteiger partial charge in [-0.2, -0.15) is 0 Å². The van der Waals surface area contributed by atoms with E-state index in [2.05, 4.69) is 10.2 Å². The topological polar surface area (TPSA) is 24.5 Å². The zero-order chi connectivity index (χ0) is 11.8. The van der Waals surface area contributed by atoms with Gasteiger partial charge in [-0.25, -0.2) is 0 Å². The van der Waals surface area contributed by atoms with Gasteiger partial charge < -0.3 is 15.0 Å². The second-order valence-electron chi connectivity index (χ2n) is 5.43. The van der Waals surface area contributed by atoms with Crippen molar-refractivity contribution in [3.8, 4) is 0 Å².